The highest BCUT2D eigenvalue weighted by molar-refractivity contribution is 5.10. The first-order valence-corrected chi connectivity index (χ1v) is 11.2. The van der Waals surface area contributed by atoms with Gasteiger partial charge in [-0.15, -0.1) is 0 Å². The van der Waals surface area contributed by atoms with E-state index in [1.807, 2.05) is 0 Å². The van der Waals surface area contributed by atoms with Crippen LogP contribution in [0.5, 0.6) is 0 Å². The second-order valence-electron chi connectivity index (χ2n) is 11.1. The summed E-state index contributed by atoms with van der Waals surface area (Å²) in [5, 5.41) is 0. The Morgan fingerprint density at radius 3 is 2.28 bits per heavy atom. The molecule has 0 amide bonds. The molecule has 4 aliphatic carbocycles. The Labute approximate surface area is 156 Å². The molecule has 0 aromatic rings. The number of hydrogen-bond donors (Lipinski definition) is 1. The first-order chi connectivity index (χ1) is 11.8. The summed E-state index contributed by atoms with van der Waals surface area (Å²) in [4.78, 5) is 2.48. The normalized spacial score (nSPS) is 53.9. The zero-order valence-corrected chi connectivity index (χ0v) is 17.4. The Morgan fingerprint density at radius 1 is 0.880 bits per heavy atom. The minimum Gasteiger partial charge on any atom is -0.328 e. The van der Waals surface area contributed by atoms with Gasteiger partial charge in [0.1, 0.15) is 0 Å². The third-order valence-corrected chi connectivity index (χ3v) is 10.2. The Hall–Kier alpha value is -0.0800. The van der Waals surface area contributed by atoms with Crippen LogP contribution in [0.1, 0.15) is 78.6 Å². The van der Waals surface area contributed by atoms with Crippen LogP contribution in [0.25, 0.3) is 0 Å². The van der Waals surface area contributed by atoms with Gasteiger partial charge in [-0.2, -0.15) is 0 Å². The van der Waals surface area contributed by atoms with Crippen LogP contribution in [-0.4, -0.2) is 31.1 Å². The van der Waals surface area contributed by atoms with Crippen molar-refractivity contribution in [2.75, 3.05) is 14.1 Å². The lowest BCUT2D eigenvalue weighted by Crippen LogP contribution is -2.55. The van der Waals surface area contributed by atoms with Crippen molar-refractivity contribution in [1.82, 2.24) is 4.90 Å². The summed E-state index contributed by atoms with van der Waals surface area (Å²) in [7, 11) is 4.56. The molecule has 0 aliphatic heterocycles. The molecular formula is C23H42N2. The average molecular weight is 347 g/mol. The highest BCUT2D eigenvalue weighted by atomic mass is 15.1. The van der Waals surface area contributed by atoms with Crippen molar-refractivity contribution >= 4 is 0 Å². The molecule has 9 atom stereocenters. The number of nitrogens with zero attached hydrogens (tertiary/aromatic N) is 1. The van der Waals surface area contributed by atoms with Crippen LogP contribution in [-0.2, 0) is 0 Å². The van der Waals surface area contributed by atoms with Crippen LogP contribution >= 0.6 is 0 Å². The topological polar surface area (TPSA) is 29.3 Å². The van der Waals surface area contributed by atoms with E-state index in [0.29, 0.717) is 16.9 Å². The number of nitrogens with two attached hydrogens (primary N) is 1. The Morgan fingerprint density at radius 2 is 1.56 bits per heavy atom. The van der Waals surface area contributed by atoms with Crippen LogP contribution < -0.4 is 5.73 Å². The van der Waals surface area contributed by atoms with Gasteiger partial charge < -0.3 is 10.6 Å². The van der Waals surface area contributed by atoms with E-state index in [1.165, 1.54) is 57.8 Å². The lowest BCUT2D eigenvalue weighted by Gasteiger charge is -2.61. The summed E-state index contributed by atoms with van der Waals surface area (Å²) in [6.45, 7) is 7.82. The fraction of sp³-hybridized carbons (Fsp3) is 1.00. The molecule has 144 valence electrons. The molecular weight excluding hydrogens is 304 g/mol. The summed E-state index contributed by atoms with van der Waals surface area (Å²) in [5.74, 6) is 4.81. The van der Waals surface area contributed by atoms with Crippen LogP contribution in [0.2, 0.25) is 0 Å². The van der Waals surface area contributed by atoms with Gasteiger partial charge in [0.25, 0.3) is 0 Å². The standard InChI is InChI=1S/C23H42N2/c1-15(25(4)5)19-8-9-20-18-7-6-16-14-17(24)10-12-22(16,2)21(18)11-13-23(19,20)3/h15-21H,6-14,24H2,1-5H3/t15?,16?,17-,18?,19+,20?,21?,22-,23+/m0/s1. The van der Waals surface area contributed by atoms with E-state index in [0.717, 1.165) is 35.6 Å². The zero-order chi connectivity index (χ0) is 18.0. The molecule has 0 radical (unpaired) electrons. The summed E-state index contributed by atoms with van der Waals surface area (Å²) in [6, 6.07) is 1.21. The van der Waals surface area contributed by atoms with Crippen molar-refractivity contribution in [3.05, 3.63) is 0 Å². The van der Waals surface area contributed by atoms with Crippen molar-refractivity contribution in [3.8, 4) is 0 Å². The van der Waals surface area contributed by atoms with Gasteiger partial charge in [0.05, 0.1) is 0 Å². The molecule has 4 rings (SSSR count). The highest BCUT2D eigenvalue weighted by Crippen LogP contribution is 2.67. The highest BCUT2D eigenvalue weighted by Gasteiger charge is 2.60. The molecule has 0 saturated heterocycles. The lowest BCUT2D eigenvalue weighted by molar-refractivity contribution is -0.116. The number of rotatable bonds is 2. The second kappa shape index (κ2) is 6.23. The quantitative estimate of drug-likeness (QED) is 0.768. The lowest BCUT2D eigenvalue weighted by atomic mass is 9.44. The monoisotopic (exact) mass is 346 g/mol. The van der Waals surface area contributed by atoms with Gasteiger partial charge in [-0.25, -0.2) is 0 Å². The summed E-state index contributed by atoms with van der Waals surface area (Å²) in [5.41, 5.74) is 7.55. The fourth-order valence-corrected chi connectivity index (χ4v) is 8.48. The Balaban J connectivity index is 1.58. The van der Waals surface area contributed by atoms with Crippen LogP contribution in [0, 0.1) is 40.4 Å². The minimum absolute atomic E-state index is 0.486. The average Bonchev–Trinajstić information content (AvgIpc) is 2.92. The van der Waals surface area contributed by atoms with E-state index in [1.54, 1.807) is 0 Å². The minimum atomic E-state index is 0.486. The van der Waals surface area contributed by atoms with Crippen molar-refractivity contribution < 1.29 is 0 Å². The molecule has 2 heteroatoms. The van der Waals surface area contributed by atoms with Gasteiger partial charge >= 0.3 is 0 Å². The third-order valence-electron chi connectivity index (χ3n) is 10.2. The van der Waals surface area contributed by atoms with E-state index in [2.05, 4.69) is 39.8 Å². The maximum atomic E-state index is 6.35. The van der Waals surface area contributed by atoms with Crippen molar-refractivity contribution in [3.63, 3.8) is 0 Å². The largest absolute Gasteiger partial charge is 0.328 e. The maximum absolute atomic E-state index is 6.35. The van der Waals surface area contributed by atoms with Crippen molar-refractivity contribution in [1.29, 1.82) is 0 Å². The van der Waals surface area contributed by atoms with E-state index in [-0.39, 0.29) is 0 Å². The molecule has 0 spiro atoms. The molecule has 2 nitrogen and oxygen atoms in total. The molecule has 0 aromatic carbocycles. The third kappa shape index (κ3) is 2.64. The van der Waals surface area contributed by atoms with Gasteiger partial charge in [-0.1, -0.05) is 13.8 Å². The molecule has 2 N–H and O–H groups in total. The van der Waals surface area contributed by atoms with Gasteiger partial charge in [0.2, 0.25) is 0 Å². The first kappa shape index (κ1) is 18.3. The molecule has 5 unspecified atom stereocenters. The summed E-state index contributed by atoms with van der Waals surface area (Å²) >= 11 is 0. The van der Waals surface area contributed by atoms with Gasteiger partial charge in [-0.3, -0.25) is 0 Å². The van der Waals surface area contributed by atoms with Crippen LogP contribution in [0.4, 0.5) is 0 Å². The molecule has 0 bridgehead atoms. The van der Waals surface area contributed by atoms with E-state index in [4.69, 9.17) is 5.73 Å². The smallest absolute Gasteiger partial charge is 0.00944 e. The zero-order valence-electron chi connectivity index (χ0n) is 17.4. The number of hydrogen-bond acceptors (Lipinski definition) is 2. The van der Waals surface area contributed by atoms with Crippen molar-refractivity contribution in [2.24, 2.45) is 46.2 Å². The second-order valence-corrected chi connectivity index (χ2v) is 11.1. The van der Waals surface area contributed by atoms with Crippen molar-refractivity contribution in [2.45, 2.75) is 90.6 Å². The molecule has 0 aromatic heterocycles. The van der Waals surface area contributed by atoms with E-state index in [9.17, 15) is 0 Å². The summed E-state index contributed by atoms with van der Waals surface area (Å²) < 4.78 is 0. The molecule has 4 aliphatic rings. The van der Waals surface area contributed by atoms with E-state index < -0.39 is 0 Å². The predicted octanol–water partition coefficient (Wildman–Crippen LogP) is 4.92. The van der Waals surface area contributed by atoms with Gasteiger partial charge in [-0.05, 0) is 119 Å². The Bertz CT molecular complexity index is 502. The molecule has 25 heavy (non-hydrogen) atoms. The Kier molecular flexibility index (Phi) is 4.56. The SMILES string of the molecule is CC([C@H]1CCC2C3CCC4C[C@@H](N)CC[C@]4(C)C3CC[C@@]21C)N(C)C. The predicted molar refractivity (Wildman–Crippen MR) is 106 cm³/mol. The molecule has 0 heterocycles. The van der Waals surface area contributed by atoms with Crippen LogP contribution in [0.3, 0.4) is 0 Å². The summed E-state index contributed by atoms with van der Waals surface area (Å²) in [6.07, 6.45) is 12.9. The maximum Gasteiger partial charge on any atom is 0.00944 e. The molecule has 4 saturated carbocycles. The first-order valence-electron chi connectivity index (χ1n) is 11.2. The van der Waals surface area contributed by atoms with Gasteiger partial charge in [0.15, 0.2) is 0 Å². The fourth-order valence-electron chi connectivity index (χ4n) is 8.48. The van der Waals surface area contributed by atoms with Crippen LogP contribution in [0.15, 0.2) is 0 Å². The molecule has 4 fully saturated rings. The van der Waals surface area contributed by atoms with E-state index >= 15 is 0 Å². The van der Waals surface area contributed by atoms with Gasteiger partial charge in [0, 0.05) is 12.1 Å². The number of fused-ring (bicyclic) bond motifs is 5.